The van der Waals surface area contributed by atoms with Crippen LogP contribution in [0.1, 0.15) is 12.8 Å². The third kappa shape index (κ3) is 0.416. The van der Waals surface area contributed by atoms with Gasteiger partial charge in [0.25, 0.3) is 0 Å². The fourth-order valence-electron chi connectivity index (χ4n) is 4.50. The van der Waals surface area contributed by atoms with Crippen molar-refractivity contribution in [3.63, 3.8) is 0 Å². The van der Waals surface area contributed by atoms with Crippen LogP contribution in [0.5, 0.6) is 0 Å². The van der Waals surface area contributed by atoms with Crippen molar-refractivity contribution in [1.82, 2.24) is 0 Å². The van der Waals surface area contributed by atoms with E-state index in [0.29, 0.717) is 0 Å². The van der Waals surface area contributed by atoms with Crippen LogP contribution in [-0.2, 0) is 0 Å². The van der Waals surface area contributed by atoms with Crippen LogP contribution in [0, 0.1) is 35.5 Å². The van der Waals surface area contributed by atoms with Gasteiger partial charge in [-0.05, 0) is 48.3 Å². The summed E-state index contributed by atoms with van der Waals surface area (Å²) in [6.07, 6.45) is 7.81. The van der Waals surface area contributed by atoms with E-state index in [0.717, 1.165) is 35.5 Å². The van der Waals surface area contributed by atoms with Crippen LogP contribution in [-0.4, -0.2) is 0 Å². The molecule has 4 aliphatic carbocycles. The lowest BCUT2D eigenvalue weighted by molar-refractivity contribution is -0.0563. The van der Waals surface area contributed by atoms with Crippen molar-refractivity contribution in [3.8, 4) is 0 Å². The van der Waals surface area contributed by atoms with Crippen LogP contribution in [0.4, 0.5) is 0 Å². The number of allylic oxidation sites excluding steroid dienone is 3. The zero-order chi connectivity index (χ0) is 7.87. The first-order chi connectivity index (χ1) is 5.86. The van der Waals surface area contributed by atoms with Crippen LogP contribution >= 0.6 is 0 Å². The van der Waals surface area contributed by atoms with Gasteiger partial charge in [-0.1, -0.05) is 24.3 Å². The Labute approximate surface area is 73.4 Å². The molecule has 62 valence electrons. The molecule has 0 radical (unpaired) electrons. The summed E-state index contributed by atoms with van der Waals surface area (Å²) in [5.74, 6) is 6.12. The minimum Gasteiger partial charge on any atom is -0.0995 e. The van der Waals surface area contributed by atoms with Crippen molar-refractivity contribution < 1.29 is 0 Å². The number of fused-ring (bicyclic) bond motifs is 8. The van der Waals surface area contributed by atoms with Crippen molar-refractivity contribution >= 4 is 0 Å². The Bertz CT molecular complexity index is 299. The zero-order valence-electron chi connectivity index (χ0n) is 7.24. The summed E-state index contributed by atoms with van der Waals surface area (Å²) in [7, 11) is 0. The van der Waals surface area contributed by atoms with E-state index in [4.69, 9.17) is 0 Å². The number of hydrogen-bond donors (Lipinski definition) is 0. The van der Waals surface area contributed by atoms with E-state index < -0.39 is 0 Å². The summed E-state index contributed by atoms with van der Waals surface area (Å²) in [6.45, 7) is 4.16. The minimum atomic E-state index is 0.957. The highest BCUT2D eigenvalue weighted by Gasteiger charge is 2.65. The average molecular weight is 158 g/mol. The van der Waals surface area contributed by atoms with E-state index in [9.17, 15) is 0 Å². The molecule has 0 N–H and O–H groups in total. The molecular weight excluding hydrogens is 144 g/mol. The van der Waals surface area contributed by atoms with Gasteiger partial charge < -0.3 is 0 Å². The van der Waals surface area contributed by atoms with Gasteiger partial charge in [-0.25, -0.2) is 0 Å². The van der Waals surface area contributed by atoms with Crippen LogP contribution in [0.15, 0.2) is 24.3 Å². The smallest absolute Gasteiger partial charge is 0.0134 e. The summed E-state index contributed by atoms with van der Waals surface area (Å²) >= 11 is 0. The highest BCUT2D eigenvalue weighted by molar-refractivity contribution is 5.33. The second-order valence-corrected chi connectivity index (χ2v) is 5.16. The summed E-state index contributed by atoms with van der Waals surface area (Å²) in [6, 6.07) is 0. The predicted octanol–water partition coefficient (Wildman–Crippen LogP) is 2.63. The Morgan fingerprint density at radius 1 is 1.17 bits per heavy atom. The normalized spacial score (nSPS) is 63.8. The summed E-state index contributed by atoms with van der Waals surface area (Å²) in [5, 5.41) is 0. The molecule has 6 atom stereocenters. The average Bonchev–Trinajstić information content (AvgIpc) is 2.55. The van der Waals surface area contributed by atoms with Crippen molar-refractivity contribution in [2.45, 2.75) is 12.8 Å². The summed E-state index contributed by atoms with van der Waals surface area (Å²) in [4.78, 5) is 0. The highest BCUT2D eigenvalue weighted by Crippen LogP contribution is 2.71. The SMILES string of the molecule is C=C1CC2C1C1C3C=CC(C3)C21. The molecule has 6 unspecified atom stereocenters. The van der Waals surface area contributed by atoms with Crippen LogP contribution in [0.2, 0.25) is 0 Å². The van der Waals surface area contributed by atoms with E-state index in [2.05, 4.69) is 18.7 Å². The second-order valence-electron chi connectivity index (χ2n) is 5.16. The first-order valence-electron chi connectivity index (χ1n) is 5.22. The second kappa shape index (κ2) is 1.57. The molecule has 0 aliphatic heterocycles. The van der Waals surface area contributed by atoms with Gasteiger partial charge in [-0.15, -0.1) is 0 Å². The maximum atomic E-state index is 4.16. The van der Waals surface area contributed by atoms with Gasteiger partial charge in [0.05, 0.1) is 0 Å². The Hall–Kier alpha value is -0.520. The highest BCUT2D eigenvalue weighted by atomic mass is 14.7. The Morgan fingerprint density at radius 2 is 1.92 bits per heavy atom. The van der Waals surface area contributed by atoms with Gasteiger partial charge in [-0.2, -0.15) is 0 Å². The summed E-state index contributed by atoms with van der Waals surface area (Å²) in [5.41, 5.74) is 1.57. The number of rotatable bonds is 0. The molecule has 0 aromatic heterocycles. The van der Waals surface area contributed by atoms with Crippen molar-refractivity contribution in [2.24, 2.45) is 35.5 Å². The lowest BCUT2D eigenvalue weighted by atomic mass is 9.43. The van der Waals surface area contributed by atoms with Crippen molar-refractivity contribution in [3.05, 3.63) is 24.3 Å². The molecule has 4 aliphatic rings. The van der Waals surface area contributed by atoms with Crippen LogP contribution < -0.4 is 0 Å². The Kier molecular flexibility index (Phi) is 0.788. The molecule has 3 saturated carbocycles. The Balaban J connectivity index is 1.77. The molecule has 0 aromatic carbocycles. The first kappa shape index (κ1) is 6.01. The molecule has 0 amide bonds. The standard InChI is InChI=1S/C12H14/c1-6-4-9-10(6)12-8-3-2-7(5-8)11(9)12/h2-3,7-12H,1,4-5H2. The fourth-order valence-corrected chi connectivity index (χ4v) is 4.50. The first-order valence-corrected chi connectivity index (χ1v) is 5.22. The molecule has 0 heteroatoms. The van der Waals surface area contributed by atoms with Gasteiger partial charge in [0.15, 0.2) is 0 Å². The quantitative estimate of drug-likeness (QED) is 0.475. The third-order valence-corrected chi connectivity index (χ3v) is 4.92. The maximum Gasteiger partial charge on any atom is -0.0134 e. The van der Waals surface area contributed by atoms with Gasteiger partial charge in [0.2, 0.25) is 0 Å². The zero-order valence-corrected chi connectivity index (χ0v) is 7.24. The van der Waals surface area contributed by atoms with Crippen molar-refractivity contribution in [2.75, 3.05) is 0 Å². The van der Waals surface area contributed by atoms with E-state index >= 15 is 0 Å². The van der Waals surface area contributed by atoms with Crippen LogP contribution in [0.25, 0.3) is 0 Å². The molecule has 0 aromatic rings. The largest absolute Gasteiger partial charge is 0.0995 e. The fraction of sp³-hybridized carbons (Fsp3) is 0.667. The van der Waals surface area contributed by atoms with Crippen molar-refractivity contribution in [1.29, 1.82) is 0 Å². The molecule has 0 saturated heterocycles. The monoisotopic (exact) mass is 158 g/mol. The van der Waals surface area contributed by atoms with Gasteiger partial charge in [0.1, 0.15) is 0 Å². The van der Waals surface area contributed by atoms with E-state index in [1.165, 1.54) is 12.8 Å². The topological polar surface area (TPSA) is 0 Å². The lowest BCUT2D eigenvalue weighted by Crippen LogP contribution is -2.55. The van der Waals surface area contributed by atoms with E-state index in [-0.39, 0.29) is 0 Å². The molecule has 0 nitrogen and oxygen atoms in total. The molecule has 2 bridgehead atoms. The van der Waals surface area contributed by atoms with E-state index in [1.54, 1.807) is 5.57 Å². The molecule has 4 rings (SSSR count). The molecule has 12 heavy (non-hydrogen) atoms. The Morgan fingerprint density at radius 3 is 2.67 bits per heavy atom. The van der Waals surface area contributed by atoms with Gasteiger partial charge >= 0.3 is 0 Å². The van der Waals surface area contributed by atoms with Gasteiger partial charge in [-0.3, -0.25) is 0 Å². The molecule has 0 spiro atoms. The predicted molar refractivity (Wildman–Crippen MR) is 48.5 cm³/mol. The number of hydrogen-bond acceptors (Lipinski definition) is 0. The molecular formula is C12H14. The molecule has 0 heterocycles. The third-order valence-electron chi connectivity index (χ3n) is 4.92. The maximum absolute atomic E-state index is 4.16. The van der Waals surface area contributed by atoms with Gasteiger partial charge in [0, 0.05) is 0 Å². The van der Waals surface area contributed by atoms with Crippen LogP contribution in [0.3, 0.4) is 0 Å². The summed E-state index contributed by atoms with van der Waals surface area (Å²) < 4.78 is 0. The minimum absolute atomic E-state index is 0.957. The lowest BCUT2D eigenvalue weighted by Gasteiger charge is -2.61. The van der Waals surface area contributed by atoms with E-state index in [1.807, 2.05) is 0 Å². The molecule has 3 fully saturated rings.